The van der Waals surface area contributed by atoms with Crippen molar-refractivity contribution in [1.29, 1.82) is 0 Å². The Morgan fingerprint density at radius 3 is 2.53 bits per heavy atom. The Morgan fingerprint density at radius 1 is 1.26 bits per heavy atom. The standard InChI is InChI=1S/C15H21ClN2S/c1-9-13(17)5-6-14(15(9)16)19-12-7-10-3-4-11(8-12)18(10)2/h5-6,10-12H,3-4,7-8,17H2,1-2H3. The Hall–Kier alpha value is -0.380. The van der Waals surface area contributed by atoms with E-state index in [1.54, 1.807) is 0 Å². The largest absolute Gasteiger partial charge is 0.398 e. The van der Waals surface area contributed by atoms with Gasteiger partial charge in [-0.05, 0) is 57.4 Å². The molecule has 2 unspecified atom stereocenters. The quantitative estimate of drug-likeness (QED) is 0.838. The number of halogens is 1. The van der Waals surface area contributed by atoms with Crippen molar-refractivity contribution in [2.24, 2.45) is 0 Å². The number of anilines is 1. The lowest BCUT2D eigenvalue weighted by Gasteiger charge is -2.36. The van der Waals surface area contributed by atoms with Gasteiger partial charge in [0.1, 0.15) is 0 Å². The van der Waals surface area contributed by atoms with Gasteiger partial charge in [0.25, 0.3) is 0 Å². The van der Waals surface area contributed by atoms with E-state index in [0.717, 1.165) is 28.4 Å². The highest BCUT2D eigenvalue weighted by molar-refractivity contribution is 8.00. The van der Waals surface area contributed by atoms with Crippen molar-refractivity contribution in [2.45, 2.75) is 54.8 Å². The second kappa shape index (κ2) is 5.19. The number of hydrogen-bond donors (Lipinski definition) is 1. The van der Waals surface area contributed by atoms with Crippen LogP contribution in [0.3, 0.4) is 0 Å². The van der Waals surface area contributed by atoms with Gasteiger partial charge in [0.05, 0.1) is 5.02 Å². The fraction of sp³-hybridized carbons (Fsp3) is 0.600. The summed E-state index contributed by atoms with van der Waals surface area (Å²) in [7, 11) is 2.28. The van der Waals surface area contributed by atoms with Gasteiger partial charge in [-0.1, -0.05) is 11.6 Å². The average Bonchev–Trinajstić information content (AvgIpc) is 2.63. The first kappa shape index (κ1) is 13.6. The lowest BCUT2D eigenvalue weighted by atomic mass is 10.0. The molecule has 0 radical (unpaired) electrons. The number of nitrogens with two attached hydrogens (primary N) is 1. The zero-order valence-corrected chi connectivity index (χ0v) is 13.1. The first-order chi connectivity index (χ1) is 9.06. The summed E-state index contributed by atoms with van der Waals surface area (Å²) in [6, 6.07) is 5.62. The van der Waals surface area contributed by atoms with Gasteiger partial charge in [-0.25, -0.2) is 0 Å². The lowest BCUT2D eigenvalue weighted by Crippen LogP contribution is -2.40. The molecule has 2 N–H and O–H groups in total. The number of fused-ring (bicyclic) bond motifs is 2. The molecular weight excluding hydrogens is 276 g/mol. The molecule has 2 nitrogen and oxygen atoms in total. The molecule has 0 amide bonds. The van der Waals surface area contributed by atoms with E-state index in [4.69, 9.17) is 17.3 Å². The SMILES string of the molecule is Cc1c(N)ccc(SC2CC3CCC(C2)N3C)c1Cl. The van der Waals surface area contributed by atoms with Crippen LogP contribution in [-0.2, 0) is 0 Å². The van der Waals surface area contributed by atoms with Crippen LogP contribution in [0.25, 0.3) is 0 Å². The summed E-state index contributed by atoms with van der Waals surface area (Å²) in [4.78, 5) is 3.77. The molecule has 2 bridgehead atoms. The first-order valence-corrected chi connectivity index (χ1v) is 8.25. The highest BCUT2D eigenvalue weighted by atomic mass is 35.5. The van der Waals surface area contributed by atoms with Crippen LogP contribution in [0.5, 0.6) is 0 Å². The molecule has 0 aromatic heterocycles. The Morgan fingerprint density at radius 2 is 1.89 bits per heavy atom. The summed E-state index contributed by atoms with van der Waals surface area (Å²) in [5.41, 5.74) is 7.70. The highest BCUT2D eigenvalue weighted by Crippen LogP contribution is 2.43. The zero-order valence-electron chi connectivity index (χ0n) is 11.5. The van der Waals surface area contributed by atoms with Gasteiger partial charge in [-0.2, -0.15) is 0 Å². The Kier molecular flexibility index (Phi) is 3.71. The molecule has 2 heterocycles. The van der Waals surface area contributed by atoms with Crippen molar-refractivity contribution in [3.8, 4) is 0 Å². The minimum Gasteiger partial charge on any atom is -0.398 e. The molecule has 3 rings (SSSR count). The molecule has 104 valence electrons. The molecule has 1 aromatic carbocycles. The molecule has 2 fully saturated rings. The van der Waals surface area contributed by atoms with Crippen molar-refractivity contribution in [3.05, 3.63) is 22.7 Å². The fourth-order valence-electron chi connectivity index (χ4n) is 3.40. The fourth-order valence-corrected chi connectivity index (χ4v) is 5.11. The topological polar surface area (TPSA) is 29.3 Å². The van der Waals surface area contributed by atoms with Gasteiger partial charge >= 0.3 is 0 Å². The van der Waals surface area contributed by atoms with Crippen LogP contribution >= 0.6 is 23.4 Å². The Balaban J connectivity index is 1.75. The summed E-state index contributed by atoms with van der Waals surface area (Å²) >= 11 is 8.37. The number of thioether (sulfide) groups is 1. The summed E-state index contributed by atoms with van der Waals surface area (Å²) in [6.07, 6.45) is 5.31. The number of benzene rings is 1. The third-order valence-corrected chi connectivity index (χ3v) is 6.65. The molecule has 0 aliphatic carbocycles. The number of nitrogens with zero attached hydrogens (tertiary/aromatic N) is 1. The van der Waals surface area contributed by atoms with Gasteiger partial charge in [0.2, 0.25) is 0 Å². The highest BCUT2D eigenvalue weighted by Gasteiger charge is 2.38. The van der Waals surface area contributed by atoms with E-state index in [0.29, 0.717) is 5.25 Å². The van der Waals surface area contributed by atoms with E-state index in [1.165, 1.54) is 30.6 Å². The van der Waals surface area contributed by atoms with Crippen molar-refractivity contribution in [3.63, 3.8) is 0 Å². The van der Waals surface area contributed by atoms with E-state index in [1.807, 2.05) is 24.8 Å². The predicted octanol–water partition coefficient (Wildman–Crippen LogP) is 3.95. The maximum absolute atomic E-state index is 6.42. The molecule has 0 spiro atoms. The van der Waals surface area contributed by atoms with Crippen LogP contribution in [-0.4, -0.2) is 29.3 Å². The van der Waals surface area contributed by atoms with Crippen LogP contribution in [0.15, 0.2) is 17.0 Å². The molecule has 4 heteroatoms. The Labute approximate surface area is 124 Å². The summed E-state index contributed by atoms with van der Waals surface area (Å²) in [6.45, 7) is 2.00. The van der Waals surface area contributed by atoms with Crippen molar-refractivity contribution in [2.75, 3.05) is 12.8 Å². The summed E-state index contributed by atoms with van der Waals surface area (Å²) < 4.78 is 0. The summed E-state index contributed by atoms with van der Waals surface area (Å²) in [5.74, 6) is 0. The smallest absolute Gasteiger partial charge is 0.0591 e. The van der Waals surface area contributed by atoms with E-state index in [9.17, 15) is 0 Å². The molecule has 2 saturated heterocycles. The molecule has 1 aromatic rings. The van der Waals surface area contributed by atoms with Gasteiger partial charge in [0.15, 0.2) is 0 Å². The van der Waals surface area contributed by atoms with Crippen molar-refractivity contribution < 1.29 is 0 Å². The van der Waals surface area contributed by atoms with Crippen LogP contribution in [0.4, 0.5) is 5.69 Å². The predicted molar refractivity (Wildman–Crippen MR) is 84.1 cm³/mol. The van der Waals surface area contributed by atoms with Crippen LogP contribution in [0.2, 0.25) is 5.02 Å². The average molecular weight is 297 g/mol. The monoisotopic (exact) mass is 296 g/mol. The van der Waals surface area contributed by atoms with Gasteiger partial charge in [0, 0.05) is 27.9 Å². The van der Waals surface area contributed by atoms with Crippen LogP contribution < -0.4 is 5.73 Å². The Bertz CT molecular complexity index is 477. The minimum atomic E-state index is 0.703. The van der Waals surface area contributed by atoms with Crippen LogP contribution in [0.1, 0.15) is 31.2 Å². The van der Waals surface area contributed by atoms with Crippen molar-refractivity contribution >= 4 is 29.1 Å². The molecule has 2 aliphatic heterocycles. The number of hydrogen-bond acceptors (Lipinski definition) is 3. The third-order valence-electron chi connectivity index (χ3n) is 4.74. The number of piperidine rings is 1. The van der Waals surface area contributed by atoms with E-state index < -0.39 is 0 Å². The molecule has 2 atom stereocenters. The van der Waals surface area contributed by atoms with E-state index in [2.05, 4.69) is 18.0 Å². The second-order valence-electron chi connectivity index (χ2n) is 5.85. The second-order valence-corrected chi connectivity index (χ2v) is 7.57. The van der Waals surface area contributed by atoms with Crippen molar-refractivity contribution in [1.82, 2.24) is 4.90 Å². The number of rotatable bonds is 2. The van der Waals surface area contributed by atoms with Gasteiger partial charge < -0.3 is 10.6 Å². The van der Waals surface area contributed by atoms with E-state index in [-0.39, 0.29) is 0 Å². The van der Waals surface area contributed by atoms with Gasteiger partial charge in [-0.15, -0.1) is 11.8 Å². The summed E-state index contributed by atoms with van der Waals surface area (Å²) in [5, 5.41) is 1.55. The molecule has 0 saturated carbocycles. The minimum absolute atomic E-state index is 0.703. The van der Waals surface area contributed by atoms with Crippen LogP contribution in [0, 0.1) is 6.92 Å². The molecular formula is C15H21ClN2S. The first-order valence-electron chi connectivity index (χ1n) is 6.99. The molecule has 2 aliphatic rings. The molecule has 19 heavy (non-hydrogen) atoms. The third kappa shape index (κ3) is 2.48. The maximum atomic E-state index is 6.42. The zero-order chi connectivity index (χ0) is 13.6. The van der Waals surface area contributed by atoms with Gasteiger partial charge in [-0.3, -0.25) is 0 Å². The number of nitrogen functional groups attached to an aromatic ring is 1. The maximum Gasteiger partial charge on any atom is 0.0591 e. The normalized spacial score (nSPS) is 30.8. The lowest BCUT2D eigenvalue weighted by molar-refractivity contribution is 0.183. The van der Waals surface area contributed by atoms with E-state index >= 15 is 0 Å².